The molecule has 0 aliphatic carbocycles. The Bertz CT molecular complexity index is 626. The van der Waals surface area contributed by atoms with Crippen LogP contribution in [0.4, 0.5) is 0 Å². The van der Waals surface area contributed by atoms with Gasteiger partial charge in [-0.1, -0.05) is 30.3 Å². The minimum atomic E-state index is 0.0461. The summed E-state index contributed by atoms with van der Waals surface area (Å²) < 4.78 is 5.58. The minimum absolute atomic E-state index is 0.0461. The number of hydrogen-bond acceptors (Lipinski definition) is 4. The van der Waals surface area contributed by atoms with Crippen molar-refractivity contribution in [2.45, 2.75) is 38.7 Å². The fourth-order valence-electron chi connectivity index (χ4n) is 4.13. The van der Waals surface area contributed by atoms with Crippen LogP contribution in [-0.4, -0.2) is 66.1 Å². The predicted octanol–water partition coefficient (Wildman–Crippen LogP) is 1.82. The Hall–Kier alpha value is -1.92. The Labute approximate surface area is 161 Å². The monoisotopic (exact) mass is 374 g/mol. The number of carbonyl (C=O) groups excluding carboxylic acids is 2. The predicted molar refractivity (Wildman–Crippen MR) is 102 cm³/mol. The zero-order valence-electron chi connectivity index (χ0n) is 15.9. The molecule has 0 radical (unpaired) electrons. The van der Waals surface area contributed by atoms with Gasteiger partial charge < -0.3 is 19.6 Å². The van der Waals surface area contributed by atoms with Crippen LogP contribution < -0.4 is 0 Å². The molecule has 27 heavy (non-hydrogen) atoms. The maximum atomic E-state index is 12.4. The molecule has 6 heteroatoms. The summed E-state index contributed by atoms with van der Waals surface area (Å²) in [5, 5.41) is 9.03. The van der Waals surface area contributed by atoms with Gasteiger partial charge in [0.15, 0.2) is 0 Å². The molecule has 2 fully saturated rings. The van der Waals surface area contributed by atoms with E-state index < -0.39 is 0 Å². The highest BCUT2D eigenvalue weighted by molar-refractivity contribution is 5.78. The van der Waals surface area contributed by atoms with Crippen LogP contribution in [0.5, 0.6) is 0 Å². The molecule has 2 amide bonds. The highest BCUT2D eigenvalue weighted by atomic mass is 16.5. The van der Waals surface area contributed by atoms with Crippen LogP contribution in [0.3, 0.4) is 0 Å². The number of benzene rings is 1. The lowest BCUT2D eigenvalue weighted by Crippen LogP contribution is -2.53. The molecule has 0 atom stereocenters. The third-order valence-electron chi connectivity index (χ3n) is 5.85. The molecular formula is C21H30N2O4. The lowest BCUT2D eigenvalue weighted by atomic mass is 9.72. The number of amides is 2. The van der Waals surface area contributed by atoms with Gasteiger partial charge >= 0.3 is 0 Å². The topological polar surface area (TPSA) is 70.1 Å². The van der Waals surface area contributed by atoms with E-state index >= 15 is 0 Å². The molecule has 1 N–H and O–H groups in total. The minimum Gasteiger partial charge on any atom is -0.396 e. The molecule has 0 bridgehead atoms. The van der Waals surface area contributed by atoms with E-state index in [0.717, 1.165) is 44.5 Å². The number of nitrogens with zero attached hydrogens (tertiary/aromatic N) is 2. The normalized spacial score (nSPS) is 19.5. The van der Waals surface area contributed by atoms with Gasteiger partial charge in [-0.2, -0.15) is 0 Å². The van der Waals surface area contributed by atoms with E-state index in [2.05, 4.69) is 0 Å². The van der Waals surface area contributed by atoms with Crippen LogP contribution in [0.25, 0.3) is 0 Å². The van der Waals surface area contributed by atoms with E-state index in [-0.39, 0.29) is 30.4 Å². The van der Waals surface area contributed by atoms with Gasteiger partial charge in [0.1, 0.15) is 6.61 Å². The average molecular weight is 374 g/mol. The molecule has 2 aliphatic rings. The van der Waals surface area contributed by atoms with Crippen molar-refractivity contribution in [3.8, 4) is 0 Å². The number of rotatable bonds is 7. The molecular weight excluding hydrogens is 344 g/mol. The first-order chi connectivity index (χ1) is 13.1. The lowest BCUT2D eigenvalue weighted by molar-refractivity contribution is -0.144. The fourth-order valence-corrected chi connectivity index (χ4v) is 4.13. The lowest BCUT2D eigenvalue weighted by Gasteiger charge is -2.47. The Morgan fingerprint density at radius 2 is 1.89 bits per heavy atom. The molecule has 2 heterocycles. The Morgan fingerprint density at radius 3 is 2.59 bits per heavy atom. The number of carbonyl (C=O) groups is 2. The Kier molecular flexibility index (Phi) is 6.85. The zero-order chi connectivity index (χ0) is 19.1. The van der Waals surface area contributed by atoms with Crippen LogP contribution in [0.15, 0.2) is 30.3 Å². The van der Waals surface area contributed by atoms with Gasteiger partial charge in [-0.25, -0.2) is 0 Å². The van der Waals surface area contributed by atoms with Crippen LogP contribution in [0, 0.1) is 5.41 Å². The average Bonchev–Trinajstić information content (AvgIpc) is 2.70. The summed E-state index contributed by atoms with van der Waals surface area (Å²) in [7, 11) is 0. The van der Waals surface area contributed by atoms with E-state index in [1.807, 2.05) is 40.1 Å². The van der Waals surface area contributed by atoms with E-state index in [9.17, 15) is 9.59 Å². The molecule has 1 spiro atoms. The van der Waals surface area contributed by atoms with Crippen molar-refractivity contribution in [1.82, 2.24) is 9.80 Å². The van der Waals surface area contributed by atoms with Crippen LogP contribution in [0.2, 0.25) is 0 Å². The SMILES string of the molecule is O=C(COCc1ccccc1)N1CCC2(CCC(=O)N(CCCO)C2)CC1. The standard InChI is InChI=1S/C21H30N2O4/c24-14-4-11-23-17-21(8-7-19(23)25)9-12-22(13-10-21)20(26)16-27-15-18-5-2-1-3-6-18/h1-3,5-6,24H,4,7-17H2. The largest absolute Gasteiger partial charge is 0.396 e. The van der Waals surface area contributed by atoms with Crippen LogP contribution in [-0.2, 0) is 20.9 Å². The number of likely N-dealkylation sites (tertiary alicyclic amines) is 2. The summed E-state index contributed by atoms with van der Waals surface area (Å²) >= 11 is 0. The summed E-state index contributed by atoms with van der Waals surface area (Å²) in [5.74, 6) is 0.242. The van der Waals surface area contributed by atoms with Gasteiger partial charge in [-0.15, -0.1) is 0 Å². The maximum Gasteiger partial charge on any atom is 0.248 e. The summed E-state index contributed by atoms with van der Waals surface area (Å²) in [4.78, 5) is 28.3. The molecule has 0 aromatic heterocycles. The molecule has 1 aromatic carbocycles. The van der Waals surface area contributed by atoms with E-state index in [0.29, 0.717) is 26.0 Å². The molecule has 148 valence electrons. The van der Waals surface area contributed by atoms with Gasteiger partial charge in [0.2, 0.25) is 11.8 Å². The zero-order valence-corrected chi connectivity index (χ0v) is 15.9. The molecule has 1 aromatic rings. The van der Waals surface area contributed by atoms with Crippen molar-refractivity contribution in [2.75, 3.05) is 39.4 Å². The Morgan fingerprint density at radius 1 is 1.15 bits per heavy atom. The van der Waals surface area contributed by atoms with Crippen LogP contribution >= 0.6 is 0 Å². The number of ether oxygens (including phenoxy) is 1. The van der Waals surface area contributed by atoms with Crippen LogP contribution in [0.1, 0.15) is 37.7 Å². The first kappa shape index (κ1) is 19.8. The second kappa shape index (κ2) is 9.33. The molecule has 2 saturated heterocycles. The van der Waals surface area contributed by atoms with Gasteiger partial charge in [-0.3, -0.25) is 9.59 Å². The van der Waals surface area contributed by atoms with Gasteiger partial charge in [0, 0.05) is 39.2 Å². The quantitative estimate of drug-likeness (QED) is 0.790. The first-order valence-corrected chi connectivity index (χ1v) is 9.90. The van der Waals surface area contributed by atoms with Gasteiger partial charge in [0.25, 0.3) is 0 Å². The molecule has 3 rings (SSSR count). The van der Waals surface area contributed by atoms with E-state index in [1.54, 1.807) is 0 Å². The highest BCUT2D eigenvalue weighted by Crippen LogP contribution is 2.40. The summed E-state index contributed by atoms with van der Waals surface area (Å²) in [6.45, 7) is 3.54. The number of aliphatic hydroxyl groups excluding tert-OH is 1. The molecule has 0 unspecified atom stereocenters. The van der Waals surface area contributed by atoms with Gasteiger partial charge in [0.05, 0.1) is 6.61 Å². The second-order valence-electron chi connectivity index (χ2n) is 7.75. The molecule has 2 aliphatic heterocycles. The first-order valence-electron chi connectivity index (χ1n) is 9.90. The van der Waals surface area contributed by atoms with Crippen molar-refractivity contribution >= 4 is 11.8 Å². The Balaban J connectivity index is 1.43. The summed E-state index contributed by atoms with van der Waals surface area (Å²) in [5.41, 5.74) is 1.20. The van der Waals surface area contributed by atoms with Crippen molar-refractivity contribution < 1.29 is 19.4 Å². The second-order valence-corrected chi connectivity index (χ2v) is 7.75. The fraction of sp³-hybridized carbons (Fsp3) is 0.619. The van der Waals surface area contributed by atoms with Gasteiger partial charge in [-0.05, 0) is 36.7 Å². The number of hydrogen-bond donors (Lipinski definition) is 1. The molecule has 0 saturated carbocycles. The van der Waals surface area contributed by atoms with Crippen molar-refractivity contribution in [3.63, 3.8) is 0 Å². The smallest absolute Gasteiger partial charge is 0.248 e. The third-order valence-corrected chi connectivity index (χ3v) is 5.85. The molecule has 6 nitrogen and oxygen atoms in total. The number of aliphatic hydroxyl groups is 1. The van der Waals surface area contributed by atoms with E-state index in [4.69, 9.17) is 9.84 Å². The highest BCUT2D eigenvalue weighted by Gasteiger charge is 2.41. The third kappa shape index (κ3) is 5.30. The van der Waals surface area contributed by atoms with Crippen molar-refractivity contribution in [2.24, 2.45) is 5.41 Å². The summed E-state index contributed by atoms with van der Waals surface area (Å²) in [6.07, 6.45) is 3.99. The number of piperidine rings is 2. The summed E-state index contributed by atoms with van der Waals surface area (Å²) in [6, 6.07) is 9.86. The van der Waals surface area contributed by atoms with Crippen molar-refractivity contribution in [3.05, 3.63) is 35.9 Å². The van der Waals surface area contributed by atoms with E-state index in [1.165, 1.54) is 0 Å². The maximum absolute atomic E-state index is 12.4. The van der Waals surface area contributed by atoms with Crippen molar-refractivity contribution in [1.29, 1.82) is 0 Å².